The van der Waals surface area contributed by atoms with Crippen LogP contribution in [-0.4, -0.2) is 42.6 Å². The van der Waals surface area contributed by atoms with Gasteiger partial charge in [0.15, 0.2) is 0 Å². The lowest BCUT2D eigenvalue weighted by molar-refractivity contribution is -0.159. The molecular weight excluding hydrogens is 239 g/mol. The molecule has 0 spiro atoms. The lowest BCUT2D eigenvalue weighted by Crippen LogP contribution is -2.36. The van der Waals surface area contributed by atoms with Gasteiger partial charge in [-0.3, -0.25) is 4.79 Å². The van der Waals surface area contributed by atoms with Crippen LogP contribution in [0, 0.1) is 0 Å². The molecule has 7 heteroatoms. The molecule has 0 atom stereocenters. The lowest BCUT2D eigenvalue weighted by Gasteiger charge is -2.14. The molecule has 96 valence electrons. The number of esters is 1. The molecule has 0 saturated heterocycles. The number of hydrogen-bond donors (Lipinski definition) is 0. The molecule has 0 aromatic carbocycles. The first-order chi connectivity index (χ1) is 7.81. The Bertz CT molecular complexity index is 334. The summed E-state index contributed by atoms with van der Waals surface area (Å²) in [5.41, 5.74) is 0. The van der Waals surface area contributed by atoms with Gasteiger partial charge in [-0.05, 0) is 18.9 Å². The Morgan fingerprint density at radius 1 is 1.41 bits per heavy atom. The van der Waals surface area contributed by atoms with Crippen molar-refractivity contribution in [1.82, 2.24) is 4.90 Å². The molecule has 1 fully saturated rings. The van der Waals surface area contributed by atoms with Crippen molar-refractivity contribution in [3.8, 4) is 0 Å². The zero-order valence-corrected chi connectivity index (χ0v) is 9.16. The Balaban J connectivity index is 2.29. The van der Waals surface area contributed by atoms with E-state index in [1.165, 1.54) is 11.9 Å². The summed E-state index contributed by atoms with van der Waals surface area (Å²) in [5, 5.41) is 0. The van der Waals surface area contributed by atoms with E-state index in [1.54, 1.807) is 0 Å². The first-order valence-corrected chi connectivity index (χ1v) is 4.99. The maximum absolute atomic E-state index is 11.7. The highest BCUT2D eigenvalue weighted by Crippen LogP contribution is 2.25. The van der Waals surface area contributed by atoms with Crippen LogP contribution in [0.2, 0.25) is 0 Å². The van der Waals surface area contributed by atoms with E-state index in [0.717, 1.165) is 12.8 Å². The zero-order valence-electron chi connectivity index (χ0n) is 9.16. The van der Waals surface area contributed by atoms with Crippen molar-refractivity contribution in [1.29, 1.82) is 0 Å². The molecule has 0 radical (unpaired) electrons. The Morgan fingerprint density at radius 2 is 2.00 bits per heavy atom. The van der Waals surface area contributed by atoms with Crippen LogP contribution >= 0.6 is 0 Å². The minimum Gasteiger partial charge on any atom is -0.454 e. The molecule has 0 aromatic heterocycles. The molecule has 1 aliphatic carbocycles. The average molecular weight is 251 g/mol. The summed E-state index contributed by atoms with van der Waals surface area (Å²) in [6.07, 6.45) is -2.17. The van der Waals surface area contributed by atoms with E-state index in [9.17, 15) is 22.8 Å². The highest BCUT2D eigenvalue weighted by molar-refractivity contribution is 6.32. The predicted molar refractivity (Wildman–Crippen MR) is 51.9 cm³/mol. The first-order valence-electron chi connectivity index (χ1n) is 4.99. The number of carbonyl (C=O) groups is 2. The van der Waals surface area contributed by atoms with E-state index in [-0.39, 0.29) is 12.1 Å². The van der Waals surface area contributed by atoms with Crippen LogP contribution in [-0.2, 0) is 14.3 Å². The van der Waals surface area contributed by atoms with Crippen LogP contribution in [0.4, 0.5) is 13.2 Å². The van der Waals surface area contributed by atoms with Crippen LogP contribution in [0.25, 0.3) is 0 Å². The molecule has 1 saturated carbocycles. The van der Waals surface area contributed by atoms with Crippen LogP contribution in [0.5, 0.6) is 0 Å². The zero-order chi connectivity index (χ0) is 13.1. The fourth-order valence-electron chi connectivity index (χ4n) is 1.14. The number of hydrogen-bond acceptors (Lipinski definition) is 3. The predicted octanol–water partition coefficient (Wildman–Crippen LogP) is 1.27. The molecular formula is C10H12F3NO3. The van der Waals surface area contributed by atoms with Crippen LogP contribution in [0.15, 0.2) is 12.2 Å². The molecule has 0 aliphatic heterocycles. The summed E-state index contributed by atoms with van der Waals surface area (Å²) < 4.78 is 39.4. The van der Waals surface area contributed by atoms with E-state index in [4.69, 9.17) is 0 Å². The number of nitrogens with zero attached hydrogens (tertiary/aromatic N) is 1. The van der Waals surface area contributed by atoms with Crippen LogP contribution in [0.1, 0.15) is 12.8 Å². The van der Waals surface area contributed by atoms with Crippen molar-refractivity contribution in [2.75, 3.05) is 13.7 Å². The topological polar surface area (TPSA) is 46.6 Å². The Hall–Kier alpha value is -1.53. The van der Waals surface area contributed by atoms with Gasteiger partial charge in [-0.15, -0.1) is 0 Å². The van der Waals surface area contributed by atoms with Crippen molar-refractivity contribution >= 4 is 11.9 Å². The third-order valence-corrected chi connectivity index (χ3v) is 2.21. The molecule has 17 heavy (non-hydrogen) atoms. The van der Waals surface area contributed by atoms with Gasteiger partial charge in [0.05, 0.1) is 0 Å². The lowest BCUT2D eigenvalue weighted by atomic mass is 10.4. The van der Waals surface area contributed by atoms with Gasteiger partial charge >= 0.3 is 18.1 Å². The number of alkyl halides is 3. The fraction of sp³-hybridized carbons (Fsp3) is 0.600. The Morgan fingerprint density at radius 3 is 2.47 bits per heavy atom. The Labute approximate surface area is 96.0 Å². The quantitative estimate of drug-likeness (QED) is 0.431. The highest BCUT2D eigenvalue weighted by Gasteiger charge is 2.33. The molecule has 0 aromatic rings. The number of amides is 1. The van der Waals surface area contributed by atoms with Crippen molar-refractivity contribution in [3.05, 3.63) is 12.2 Å². The van der Waals surface area contributed by atoms with Crippen molar-refractivity contribution < 1.29 is 27.5 Å². The first kappa shape index (κ1) is 13.5. The molecule has 0 unspecified atom stereocenters. The number of carbonyl (C=O) groups excluding carboxylic acids is 2. The van der Waals surface area contributed by atoms with Crippen molar-refractivity contribution in [2.45, 2.75) is 25.1 Å². The second kappa shape index (κ2) is 5.20. The summed E-state index contributed by atoms with van der Waals surface area (Å²) in [5.74, 6) is -1.96. The van der Waals surface area contributed by atoms with E-state index in [0.29, 0.717) is 6.08 Å². The molecule has 0 bridgehead atoms. The molecule has 0 N–H and O–H groups in total. The second-order valence-corrected chi connectivity index (χ2v) is 3.69. The largest absolute Gasteiger partial charge is 0.454 e. The summed E-state index contributed by atoms with van der Waals surface area (Å²) >= 11 is 0. The normalized spacial score (nSPS) is 16.0. The van der Waals surface area contributed by atoms with Gasteiger partial charge in [0.1, 0.15) is 6.61 Å². The number of allylic oxidation sites excluding steroid dienone is 1. The third kappa shape index (κ3) is 4.88. The minimum atomic E-state index is -4.44. The summed E-state index contributed by atoms with van der Waals surface area (Å²) in [6, 6.07) is 0.0563. The van der Waals surface area contributed by atoms with E-state index in [1.807, 2.05) is 0 Å². The van der Waals surface area contributed by atoms with Crippen LogP contribution < -0.4 is 0 Å². The maximum Gasteiger partial charge on any atom is 0.409 e. The minimum absolute atomic E-state index is 0.0463. The van der Waals surface area contributed by atoms with Gasteiger partial charge < -0.3 is 9.64 Å². The second-order valence-electron chi connectivity index (χ2n) is 3.69. The summed E-state index contributed by atoms with van der Waals surface area (Å²) in [4.78, 5) is 23.7. The van der Waals surface area contributed by atoms with Crippen LogP contribution in [0.3, 0.4) is 0 Å². The highest BCUT2D eigenvalue weighted by atomic mass is 19.4. The fourth-order valence-corrected chi connectivity index (χ4v) is 1.14. The molecule has 1 aliphatic rings. The monoisotopic (exact) mass is 251 g/mol. The Kier molecular flexibility index (Phi) is 4.14. The molecule has 4 nitrogen and oxygen atoms in total. The number of halogens is 3. The number of ether oxygens (including phenoxy) is 1. The standard InChI is InChI=1S/C10H12F3NO3/c1-14(7-3-4-7)8(15)9(16)17-6-2-5-10(11,12)13/h2,5,7H,3-4,6H2,1H3/b5-2+. The number of rotatable bonds is 3. The molecule has 1 rings (SSSR count). The van der Waals surface area contributed by atoms with Gasteiger partial charge in [0.2, 0.25) is 0 Å². The van der Waals surface area contributed by atoms with E-state index < -0.39 is 24.7 Å². The van der Waals surface area contributed by atoms with Crippen molar-refractivity contribution in [2.24, 2.45) is 0 Å². The van der Waals surface area contributed by atoms with E-state index in [2.05, 4.69) is 4.74 Å². The number of likely N-dealkylation sites (N-methyl/N-ethyl adjacent to an activating group) is 1. The van der Waals surface area contributed by atoms with Crippen molar-refractivity contribution in [3.63, 3.8) is 0 Å². The third-order valence-electron chi connectivity index (χ3n) is 2.21. The SMILES string of the molecule is CN(C(=O)C(=O)OC/C=C/C(F)(F)F)C1CC1. The summed E-state index contributed by atoms with van der Waals surface area (Å²) in [7, 11) is 1.47. The average Bonchev–Trinajstić information content (AvgIpc) is 3.04. The molecule has 0 heterocycles. The van der Waals surface area contributed by atoms with Gasteiger partial charge in [0.25, 0.3) is 0 Å². The van der Waals surface area contributed by atoms with Gasteiger partial charge in [-0.25, -0.2) is 4.79 Å². The van der Waals surface area contributed by atoms with E-state index >= 15 is 0 Å². The van der Waals surface area contributed by atoms with Gasteiger partial charge in [-0.1, -0.05) is 0 Å². The van der Waals surface area contributed by atoms with Gasteiger partial charge in [0, 0.05) is 19.2 Å². The van der Waals surface area contributed by atoms with Gasteiger partial charge in [-0.2, -0.15) is 13.2 Å². The summed E-state index contributed by atoms with van der Waals surface area (Å²) in [6.45, 7) is -0.567. The molecule has 1 amide bonds. The maximum atomic E-state index is 11.7. The smallest absolute Gasteiger partial charge is 0.409 e.